The lowest BCUT2D eigenvalue weighted by molar-refractivity contribution is -0.137. The number of carbonyl (C=O) groups excluding carboxylic acids is 2. The molecule has 2 unspecified atom stereocenters. The maximum Gasteiger partial charge on any atom is 0.260 e. The molecule has 27 heavy (non-hydrogen) atoms. The molecule has 2 fully saturated rings. The van der Waals surface area contributed by atoms with Crippen LogP contribution in [0, 0.1) is 5.92 Å². The summed E-state index contributed by atoms with van der Waals surface area (Å²) in [5.41, 5.74) is 6.57. The second-order valence-corrected chi connectivity index (χ2v) is 6.89. The van der Waals surface area contributed by atoms with Gasteiger partial charge in [0, 0.05) is 25.0 Å². The van der Waals surface area contributed by atoms with Gasteiger partial charge in [-0.25, -0.2) is 0 Å². The fourth-order valence-electron chi connectivity index (χ4n) is 3.44. The molecule has 2 aliphatic rings. The third-order valence-electron chi connectivity index (χ3n) is 4.95. The summed E-state index contributed by atoms with van der Waals surface area (Å²) in [5, 5.41) is 2.94. The first kappa shape index (κ1) is 21.5. The van der Waals surface area contributed by atoms with Crippen LogP contribution in [0.3, 0.4) is 0 Å². The van der Waals surface area contributed by atoms with Gasteiger partial charge < -0.3 is 25.4 Å². The van der Waals surface area contributed by atoms with Gasteiger partial charge in [-0.1, -0.05) is 18.6 Å². The Morgan fingerprint density at radius 1 is 1.22 bits per heavy atom. The number of nitrogens with one attached hydrogen (secondary N) is 1. The summed E-state index contributed by atoms with van der Waals surface area (Å²) >= 11 is 0. The molecule has 0 radical (unpaired) electrons. The Kier molecular flexibility index (Phi) is 8.34. The molecule has 1 heterocycles. The molecule has 0 bridgehead atoms. The number of morpholine rings is 1. The quantitative estimate of drug-likeness (QED) is 0.790. The van der Waals surface area contributed by atoms with Crippen LogP contribution in [0.25, 0.3) is 0 Å². The van der Waals surface area contributed by atoms with E-state index in [0.29, 0.717) is 44.2 Å². The predicted octanol–water partition coefficient (Wildman–Crippen LogP) is 1.80. The van der Waals surface area contributed by atoms with Crippen LogP contribution < -0.4 is 15.8 Å². The molecule has 7 nitrogen and oxygen atoms in total. The Balaban J connectivity index is 0.00000261. The third-order valence-corrected chi connectivity index (χ3v) is 4.95. The number of benzene rings is 1. The van der Waals surface area contributed by atoms with Gasteiger partial charge in [0.2, 0.25) is 5.91 Å². The first-order chi connectivity index (χ1) is 12.6. The standard InChI is InChI=1S/C19H27N3O4.ClH/c20-15-5-3-4-14(12-15)19(24)21-16-6-1-2-7-17(16)26-13-18(23)22-8-10-25-11-9-22;/h1-2,6-7,14-15H,3-5,8-13,20H2,(H,21,24);1H. The van der Waals surface area contributed by atoms with Crippen molar-refractivity contribution in [3.05, 3.63) is 24.3 Å². The van der Waals surface area contributed by atoms with Crippen LogP contribution in [0.5, 0.6) is 5.75 Å². The van der Waals surface area contributed by atoms with Crippen molar-refractivity contribution in [2.24, 2.45) is 11.7 Å². The molecule has 1 aliphatic heterocycles. The third kappa shape index (κ3) is 6.09. The topological polar surface area (TPSA) is 93.9 Å². The number of hydrogen-bond acceptors (Lipinski definition) is 5. The van der Waals surface area contributed by atoms with Crippen molar-refractivity contribution in [3.8, 4) is 5.75 Å². The van der Waals surface area contributed by atoms with Gasteiger partial charge >= 0.3 is 0 Å². The molecular formula is C19H28ClN3O4. The number of rotatable bonds is 5. The zero-order chi connectivity index (χ0) is 18.4. The molecule has 8 heteroatoms. The van der Waals surface area contributed by atoms with E-state index in [1.165, 1.54) is 0 Å². The maximum absolute atomic E-state index is 12.5. The van der Waals surface area contributed by atoms with Crippen LogP contribution >= 0.6 is 12.4 Å². The Morgan fingerprint density at radius 3 is 2.70 bits per heavy atom. The van der Waals surface area contributed by atoms with E-state index in [4.69, 9.17) is 15.2 Å². The zero-order valence-electron chi connectivity index (χ0n) is 15.4. The lowest BCUT2D eigenvalue weighted by Crippen LogP contribution is -2.43. The van der Waals surface area contributed by atoms with E-state index in [0.717, 1.165) is 19.3 Å². The number of anilines is 1. The lowest BCUT2D eigenvalue weighted by atomic mass is 9.85. The van der Waals surface area contributed by atoms with Gasteiger partial charge in [-0.2, -0.15) is 0 Å². The number of halogens is 1. The Hall–Kier alpha value is -1.83. The second kappa shape index (κ2) is 10.5. The predicted molar refractivity (Wildman–Crippen MR) is 105 cm³/mol. The molecule has 2 atom stereocenters. The monoisotopic (exact) mass is 397 g/mol. The van der Waals surface area contributed by atoms with Gasteiger partial charge in [0.15, 0.2) is 6.61 Å². The number of ether oxygens (including phenoxy) is 2. The number of hydrogen-bond donors (Lipinski definition) is 2. The summed E-state index contributed by atoms with van der Waals surface area (Å²) in [7, 11) is 0. The van der Waals surface area contributed by atoms with Crippen LogP contribution in [0.2, 0.25) is 0 Å². The average molecular weight is 398 g/mol. The van der Waals surface area contributed by atoms with Crippen molar-refractivity contribution in [2.45, 2.75) is 31.7 Å². The minimum atomic E-state index is -0.0762. The molecule has 1 saturated carbocycles. The van der Waals surface area contributed by atoms with Crippen LogP contribution in [0.15, 0.2) is 24.3 Å². The molecule has 0 spiro atoms. The SMILES string of the molecule is Cl.NC1CCCC(C(=O)Nc2ccccc2OCC(=O)N2CCOCC2)C1. The van der Waals surface area contributed by atoms with Gasteiger partial charge in [0.1, 0.15) is 5.75 Å². The van der Waals surface area contributed by atoms with Crippen LogP contribution in [-0.4, -0.2) is 55.7 Å². The summed E-state index contributed by atoms with van der Waals surface area (Å²) in [4.78, 5) is 26.5. The maximum atomic E-state index is 12.5. The molecule has 1 aliphatic carbocycles. The second-order valence-electron chi connectivity index (χ2n) is 6.89. The van der Waals surface area contributed by atoms with Crippen molar-refractivity contribution in [1.82, 2.24) is 4.90 Å². The highest BCUT2D eigenvalue weighted by Crippen LogP contribution is 2.28. The average Bonchev–Trinajstić information content (AvgIpc) is 2.67. The molecule has 3 N–H and O–H groups in total. The molecule has 1 saturated heterocycles. The summed E-state index contributed by atoms with van der Waals surface area (Å²) in [6.45, 7) is 2.23. The smallest absolute Gasteiger partial charge is 0.260 e. The van der Waals surface area contributed by atoms with Crippen LogP contribution in [0.1, 0.15) is 25.7 Å². The van der Waals surface area contributed by atoms with Gasteiger partial charge in [-0.05, 0) is 31.4 Å². The van der Waals surface area contributed by atoms with E-state index in [1.54, 1.807) is 17.0 Å². The van der Waals surface area contributed by atoms with Gasteiger partial charge in [0.25, 0.3) is 5.91 Å². The number of para-hydroxylation sites is 2. The van der Waals surface area contributed by atoms with Crippen LogP contribution in [-0.2, 0) is 14.3 Å². The summed E-state index contributed by atoms with van der Waals surface area (Å²) in [6, 6.07) is 7.29. The van der Waals surface area contributed by atoms with E-state index in [2.05, 4.69) is 5.32 Å². The largest absolute Gasteiger partial charge is 0.482 e. The fraction of sp³-hybridized carbons (Fsp3) is 0.579. The van der Waals surface area contributed by atoms with Crippen molar-refractivity contribution >= 4 is 29.9 Å². The number of nitrogens with two attached hydrogens (primary N) is 1. The van der Waals surface area contributed by atoms with E-state index in [1.807, 2.05) is 12.1 Å². The van der Waals surface area contributed by atoms with Gasteiger partial charge in [-0.3, -0.25) is 9.59 Å². The highest BCUT2D eigenvalue weighted by atomic mass is 35.5. The molecule has 1 aromatic rings. The van der Waals surface area contributed by atoms with Gasteiger partial charge in [-0.15, -0.1) is 12.4 Å². The Bertz CT molecular complexity index is 637. The van der Waals surface area contributed by atoms with Crippen LogP contribution in [0.4, 0.5) is 5.69 Å². The molecule has 0 aromatic heterocycles. The molecular weight excluding hydrogens is 370 g/mol. The van der Waals surface area contributed by atoms with Crippen molar-refractivity contribution in [3.63, 3.8) is 0 Å². The molecule has 150 valence electrons. The number of nitrogens with zero attached hydrogens (tertiary/aromatic N) is 1. The summed E-state index contributed by atoms with van der Waals surface area (Å²) < 4.78 is 10.9. The van der Waals surface area contributed by atoms with Crippen molar-refractivity contribution in [2.75, 3.05) is 38.2 Å². The zero-order valence-corrected chi connectivity index (χ0v) is 16.2. The minimum Gasteiger partial charge on any atom is -0.482 e. The Morgan fingerprint density at radius 2 is 1.96 bits per heavy atom. The van der Waals surface area contributed by atoms with E-state index in [9.17, 15) is 9.59 Å². The van der Waals surface area contributed by atoms with E-state index in [-0.39, 0.29) is 42.8 Å². The number of amides is 2. The van der Waals surface area contributed by atoms with Gasteiger partial charge in [0.05, 0.1) is 18.9 Å². The molecule has 1 aromatic carbocycles. The number of carbonyl (C=O) groups is 2. The fourth-order valence-corrected chi connectivity index (χ4v) is 3.44. The summed E-state index contributed by atoms with van der Waals surface area (Å²) in [5.74, 6) is 0.327. The molecule has 3 rings (SSSR count). The van der Waals surface area contributed by atoms with E-state index < -0.39 is 0 Å². The van der Waals surface area contributed by atoms with E-state index >= 15 is 0 Å². The first-order valence-corrected chi connectivity index (χ1v) is 9.27. The molecule has 2 amide bonds. The summed E-state index contributed by atoms with van der Waals surface area (Å²) in [6.07, 6.45) is 3.53. The minimum absolute atomic E-state index is 0. The highest BCUT2D eigenvalue weighted by Gasteiger charge is 2.26. The normalized spacial score (nSPS) is 22.5. The van der Waals surface area contributed by atoms with Crippen molar-refractivity contribution < 1.29 is 19.1 Å². The van der Waals surface area contributed by atoms with Crippen molar-refractivity contribution in [1.29, 1.82) is 0 Å². The first-order valence-electron chi connectivity index (χ1n) is 9.27. The Labute approximate surface area is 166 Å². The highest BCUT2D eigenvalue weighted by molar-refractivity contribution is 5.94. The lowest BCUT2D eigenvalue weighted by Gasteiger charge is -2.27.